The van der Waals surface area contributed by atoms with Gasteiger partial charge in [-0.3, -0.25) is 9.59 Å². The second-order valence-corrected chi connectivity index (χ2v) is 4.51. The largest absolute Gasteiger partial charge is 0.343 e. The summed E-state index contributed by atoms with van der Waals surface area (Å²) in [6.45, 7) is 1.76. The van der Waals surface area contributed by atoms with Crippen molar-refractivity contribution in [3.8, 4) is 12.3 Å². The van der Waals surface area contributed by atoms with Crippen LogP contribution < -0.4 is 10.6 Å². The first kappa shape index (κ1) is 15.3. The van der Waals surface area contributed by atoms with Crippen LogP contribution in [0.5, 0.6) is 0 Å². The monoisotopic (exact) mass is 322 g/mol. The number of carbonyl (C=O) groups excluding carboxylic acids is 2. The van der Waals surface area contributed by atoms with Crippen molar-refractivity contribution in [2.24, 2.45) is 0 Å². The summed E-state index contributed by atoms with van der Waals surface area (Å²) in [4.78, 5) is 23.4. The summed E-state index contributed by atoms with van der Waals surface area (Å²) < 4.78 is 0. The first-order chi connectivity index (χ1) is 9.08. The van der Waals surface area contributed by atoms with E-state index < -0.39 is 6.04 Å². The lowest BCUT2D eigenvalue weighted by atomic mass is 10.1. The van der Waals surface area contributed by atoms with E-state index >= 15 is 0 Å². The van der Waals surface area contributed by atoms with E-state index in [9.17, 15) is 9.59 Å². The summed E-state index contributed by atoms with van der Waals surface area (Å²) in [6, 6.07) is 6.52. The molecule has 0 saturated carbocycles. The highest BCUT2D eigenvalue weighted by molar-refractivity contribution is 9.08. The molecule has 0 aliphatic heterocycles. The minimum Gasteiger partial charge on any atom is -0.343 e. The van der Waals surface area contributed by atoms with E-state index in [1.54, 1.807) is 19.1 Å². The van der Waals surface area contributed by atoms with Crippen molar-refractivity contribution in [1.82, 2.24) is 10.6 Å². The fourth-order valence-corrected chi connectivity index (χ4v) is 1.76. The average Bonchev–Trinajstić information content (AvgIpc) is 2.44. The summed E-state index contributed by atoms with van der Waals surface area (Å²) >= 11 is 3.33. The number of amides is 2. The van der Waals surface area contributed by atoms with Crippen molar-refractivity contribution in [2.45, 2.75) is 18.3 Å². The second-order valence-electron chi connectivity index (χ2n) is 3.95. The molecule has 0 fully saturated rings. The zero-order valence-corrected chi connectivity index (χ0v) is 12.2. The van der Waals surface area contributed by atoms with Gasteiger partial charge in [0.2, 0.25) is 5.91 Å². The van der Waals surface area contributed by atoms with Gasteiger partial charge < -0.3 is 10.6 Å². The molecule has 0 aliphatic rings. The Morgan fingerprint density at radius 3 is 2.53 bits per heavy atom. The molecule has 4 nitrogen and oxygen atoms in total. The van der Waals surface area contributed by atoms with Gasteiger partial charge in [0.25, 0.3) is 5.91 Å². The Bertz CT molecular complexity index is 491. The fraction of sp³-hybridized carbons (Fsp3) is 0.286. The molecule has 0 bridgehead atoms. The van der Waals surface area contributed by atoms with E-state index in [1.165, 1.54) is 0 Å². The van der Waals surface area contributed by atoms with Crippen molar-refractivity contribution in [3.05, 3.63) is 35.4 Å². The zero-order chi connectivity index (χ0) is 14.3. The number of carbonyl (C=O) groups is 2. The summed E-state index contributed by atoms with van der Waals surface area (Å²) in [5.41, 5.74) is 1.60. The van der Waals surface area contributed by atoms with Gasteiger partial charge in [-0.1, -0.05) is 34.0 Å². The molecule has 0 aliphatic carbocycles. The van der Waals surface area contributed by atoms with Crippen LogP contribution in [0.25, 0.3) is 0 Å². The predicted molar refractivity (Wildman–Crippen MR) is 77.8 cm³/mol. The van der Waals surface area contributed by atoms with Gasteiger partial charge in [0.05, 0.1) is 6.54 Å². The molecular weight excluding hydrogens is 308 g/mol. The van der Waals surface area contributed by atoms with Gasteiger partial charge in [0, 0.05) is 10.9 Å². The molecule has 0 radical (unpaired) electrons. The number of alkyl halides is 1. The van der Waals surface area contributed by atoms with Crippen molar-refractivity contribution < 1.29 is 9.59 Å². The summed E-state index contributed by atoms with van der Waals surface area (Å²) in [7, 11) is 0. The lowest BCUT2D eigenvalue weighted by Gasteiger charge is -2.13. The highest BCUT2D eigenvalue weighted by Crippen LogP contribution is 2.08. The molecule has 19 heavy (non-hydrogen) atoms. The maximum absolute atomic E-state index is 11.9. The molecule has 1 aromatic rings. The second kappa shape index (κ2) is 7.59. The van der Waals surface area contributed by atoms with Crippen LogP contribution in [0, 0.1) is 12.3 Å². The first-order valence-corrected chi connectivity index (χ1v) is 6.87. The Kier molecular flexibility index (Phi) is 6.10. The molecule has 1 rings (SSSR count). The smallest absolute Gasteiger partial charge is 0.251 e. The summed E-state index contributed by atoms with van der Waals surface area (Å²) in [5.74, 6) is 1.71. The zero-order valence-electron chi connectivity index (χ0n) is 10.6. The lowest BCUT2D eigenvalue weighted by molar-refractivity contribution is -0.122. The van der Waals surface area contributed by atoms with E-state index in [2.05, 4.69) is 32.5 Å². The van der Waals surface area contributed by atoms with Gasteiger partial charge in [-0.25, -0.2) is 0 Å². The van der Waals surface area contributed by atoms with Gasteiger partial charge in [-0.05, 0) is 24.6 Å². The highest BCUT2D eigenvalue weighted by atomic mass is 79.9. The third kappa shape index (κ3) is 4.76. The number of hydrogen-bond donors (Lipinski definition) is 2. The highest BCUT2D eigenvalue weighted by Gasteiger charge is 2.15. The molecule has 1 aromatic carbocycles. The van der Waals surface area contributed by atoms with Crippen LogP contribution in [-0.4, -0.2) is 24.4 Å². The molecule has 100 valence electrons. The van der Waals surface area contributed by atoms with E-state index in [0.29, 0.717) is 5.56 Å². The first-order valence-electron chi connectivity index (χ1n) is 5.75. The average molecular weight is 323 g/mol. The number of rotatable bonds is 5. The van der Waals surface area contributed by atoms with Crippen LogP contribution in [0.4, 0.5) is 0 Å². The van der Waals surface area contributed by atoms with Crippen LogP contribution in [-0.2, 0) is 10.1 Å². The Balaban J connectivity index is 2.58. The molecule has 2 amide bonds. The fourth-order valence-electron chi connectivity index (χ4n) is 1.38. The van der Waals surface area contributed by atoms with Crippen molar-refractivity contribution >= 4 is 27.7 Å². The van der Waals surface area contributed by atoms with Crippen molar-refractivity contribution in [3.63, 3.8) is 0 Å². The van der Waals surface area contributed by atoms with E-state index in [0.717, 1.165) is 10.9 Å². The van der Waals surface area contributed by atoms with Crippen molar-refractivity contribution in [2.75, 3.05) is 6.54 Å². The normalized spacial score (nSPS) is 11.2. The van der Waals surface area contributed by atoms with Crippen LogP contribution in [0.15, 0.2) is 24.3 Å². The molecule has 1 atom stereocenters. The quantitative estimate of drug-likeness (QED) is 0.636. The molecule has 0 spiro atoms. The maximum Gasteiger partial charge on any atom is 0.251 e. The molecule has 0 aromatic heterocycles. The Labute approximate surface area is 121 Å². The number of hydrogen-bond acceptors (Lipinski definition) is 2. The summed E-state index contributed by atoms with van der Waals surface area (Å²) in [6.07, 6.45) is 5.04. The predicted octanol–water partition coefficient (Wildman–Crippen LogP) is 1.45. The Morgan fingerprint density at radius 1 is 1.37 bits per heavy atom. The van der Waals surface area contributed by atoms with Crippen molar-refractivity contribution in [1.29, 1.82) is 0 Å². The van der Waals surface area contributed by atoms with Crippen LogP contribution in [0.1, 0.15) is 22.8 Å². The van der Waals surface area contributed by atoms with Crippen LogP contribution in [0.3, 0.4) is 0 Å². The minimum atomic E-state index is -0.628. The number of terminal acetylenes is 1. The molecule has 0 heterocycles. The van der Waals surface area contributed by atoms with Crippen LogP contribution in [0.2, 0.25) is 0 Å². The van der Waals surface area contributed by atoms with E-state index in [-0.39, 0.29) is 18.4 Å². The number of nitrogens with one attached hydrogen (secondary N) is 2. The Hall–Kier alpha value is -1.80. The number of halogens is 1. The molecular formula is C14H15BrN2O2. The SMILES string of the molecule is C#CCNC(=O)[C@H](C)NC(=O)c1ccc(CBr)cc1. The van der Waals surface area contributed by atoms with E-state index in [1.807, 2.05) is 12.1 Å². The van der Waals surface area contributed by atoms with Gasteiger partial charge in [-0.15, -0.1) is 6.42 Å². The maximum atomic E-state index is 11.9. The number of benzene rings is 1. The lowest BCUT2D eigenvalue weighted by Crippen LogP contribution is -2.44. The molecule has 0 saturated heterocycles. The van der Waals surface area contributed by atoms with Gasteiger partial charge in [0.15, 0.2) is 0 Å². The topological polar surface area (TPSA) is 58.2 Å². The van der Waals surface area contributed by atoms with Gasteiger partial charge in [-0.2, -0.15) is 0 Å². The molecule has 5 heteroatoms. The third-order valence-electron chi connectivity index (χ3n) is 2.48. The minimum absolute atomic E-state index is 0.152. The third-order valence-corrected chi connectivity index (χ3v) is 3.12. The standard InChI is InChI=1S/C14H15BrN2O2/c1-3-8-16-13(18)10(2)17-14(19)12-6-4-11(9-15)5-7-12/h1,4-7,10H,8-9H2,2H3,(H,16,18)(H,17,19)/t10-/m0/s1. The van der Waals surface area contributed by atoms with Crippen LogP contribution >= 0.6 is 15.9 Å². The molecule has 0 unspecified atom stereocenters. The summed E-state index contributed by atoms with van der Waals surface area (Å²) in [5, 5.41) is 5.86. The molecule has 2 N–H and O–H groups in total. The van der Waals surface area contributed by atoms with Gasteiger partial charge in [0.1, 0.15) is 6.04 Å². The Morgan fingerprint density at radius 2 is 2.00 bits per heavy atom. The van der Waals surface area contributed by atoms with Gasteiger partial charge >= 0.3 is 0 Å². The van der Waals surface area contributed by atoms with E-state index in [4.69, 9.17) is 6.42 Å².